The summed E-state index contributed by atoms with van der Waals surface area (Å²) in [5, 5.41) is 11.6. The fourth-order valence-corrected chi connectivity index (χ4v) is 3.25. The first-order valence-electron chi connectivity index (χ1n) is 8.94. The molecule has 146 valence electrons. The number of carboxylic acids is 1. The molecule has 0 saturated carbocycles. The fraction of sp³-hybridized carbons (Fsp3) is 0.286. The lowest BCUT2D eigenvalue weighted by molar-refractivity contribution is -0.136. The van der Waals surface area contributed by atoms with Crippen LogP contribution in [0.2, 0.25) is 0 Å². The van der Waals surface area contributed by atoms with Crippen molar-refractivity contribution in [3.8, 4) is 5.75 Å². The number of ether oxygens (including phenoxy) is 1. The number of hydrogen-bond donors (Lipinski definition) is 2. The molecule has 2 amide bonds. The third-order valence-corrected chi connectivity index (χ3v) is 4.70. The molecule has 0 bridgehead atoms. The molecule has 3 rings (SSSR count). The maximum absolute atomic E-state index is 12.6. The zero-order chi connectivity index (χ0) is 20.3. The van der Waals surface area contributed by atoms with E-state index in [9.17, 15) is 14.4 Å². The van der Waals surface area contributed by atoms with Crippen LogP contribution in [0.5, 0.6) is 5.75 Å². The molecule has 1 heterocycles. The number of carbonyl (C=O) groups is 3. The lowest BCUT2D eigenvalue weighted by atomic mass is 10.1. The van der Waals surface area contributed by atoms with Gasteiger partial charge in [0.05, 0.1) is 25.1 Å². The van der Waals surface area contributed by atoms with Gasteiger partial charge in [-0.1, -0.05) is 18.2 Å². The molecule has 0 aromatic heterocycles. The summed E-state index contributed by atoms with van der Waals surface area (Å²) in [7, 11) is 1.55. The number of aryl methyl sites for hydroxylation is 1. The summed E-state index contributed by atoms with van der Waals surface area (Å²) in [6.07, 6.45) is 0.0542. The second-order valence-corrected chi connectivity index (χ2v) is 6.84. The van der Waals surface area contributed by atoms with E-state index in [1.807, 2.05) is 25.1 Å². The molecular weight excluding hydrogens is 360 g/mol. The average Bonchev–Trinajstić information content (AvgIpc) is 3.04. The Labute approximate surface area is 162 Å². The molecule has 1 aliphatic heterocycles. The van der Waals surface area contributed by atoms with Gasteiger partial charge < -0.3 is 20.1 Å². The number of amides is 2. The van der Waals surface area contributed by atoms with Crippen molar-refractivity contribution in [1.29, 1.82) is 0 Å². The number of hydrogen-bond acceptors (Lipinski definition) is 4. The second kappa shape index (κ2) is 8.12. The summed E-state index contributed by atoms with van der Waals surface area (Å²) in [5.41, 5.74) is 2.89. The summed E-state index contributed by atoms with van der Waals surface area (Å²) in [5.74, 6) is -1.16. The highest BCUT2D eigenvalue weighted by molar-refractivity contribution is 6.04. The van der Waals surface area contributed by atoms with Crippen LogP contribution in [0.15, 0.2) is 42.5 Å². The van der Waals surface area contributed by atoms with E-state index in [1.165, 1.54) is 0 Å². The number of methoxy groups -OCH3 is 1. The third kappa shape index (κ3) is 4.31. The van der Waals surface area contributed by atoms with Crippen molar-refractivity contribution in [2.75, 3.05) is 23.9 Å². The highest BCUT2D eigenvalue weighted by atomic mass is 16.5. The summed E-state index contributed by atoms with van der Waals surface area (Å²) in [6, 6.07) is 12.2. The van der Waals surface area contributed by atoms with E-state index < -0.39 is 11.9 Å². The van der Waals surface area contributed by atoms with Crippen LogP contribution >= 0.6 is 0 Å². The van der Waals surface area contributed by atoms with Gasteiger partial charge in [0.2, 0.25) is 11.8 Å². The molecule has 1 aliphatic rings. The average molecular weight is 382 g/mol. The summed E-state index contributed by atoms with van der Waals surface area (Å²) >= 11 is 0. The molecule has 28 heavy (non-hydrogen) atoms. The topological polar surface area (TPSA) is 95.9 Å². The first-order valence-corrected chi connectivity index (χ1v) is 8.94. The normalized spacial score (nSPS) is 16.1. The van der Waals surface area contributed by atoms with Crippen LogP contribution in [0.25, 0.3) is 0 Å². The highest BCUT2D eigenvalue weighted by Crippen LogP contribution is 2.34. The van der Waals surface area contributed by atoms with Gasteiger partial charge in [0.25, 0.3) is 0 Å². The molecule has 1 atom stereocenters. The Morgan fingerprint density at radius 3 is 2.57 bits per heavy atom. The molecule has 0 spiro atoms. The lowest BCUT2D eigenvalue weighted by Crippen LogP contribution is -2.28. The van der Waals surface area contributed by atoms with Crippen LogP contribution in [-0.4, -0.2) is 36.5 Å². The number of aliphatic carboxylic acids is 1. The Bertz CT molecular complexity index is 908. The first-order chi connectivity index (χ1) is 13.4. The maximum atomic E-state index is 12.6. The molecule has 2 N–H and O–H groups in total. The van der Waals surface area contributed by atoms with E-state index in [1.54, 1.807) is 36.3 Å². The Balaban J connectivity index is 1.69. The molecular formula is C21H22N2O5. The molecule has 1 unspecified atom stereocenters. The summed E-state index contributed by atoms with van der Waals surface area (Å²) in [6.45, 7) is 2.21. The predicted octanol–water partition coefficient (Wildman–Crippen LogP) is 2.62. The van der Waals surface area contributed by atoms with Gasteiger partial charge in [-0.3, -0.25) is 14.4 Å². The van der Waals surface area contributed by atoms with Gasteiger partial charge in [0, 0.05) is 18.7 Å². The van der Waals surface area contributed by atoms with E-state index in [0.717, 1.165) is 5.56 Å². The molecule has 1 saturated heterocycles. The van der Waals surface area contributed by atoms with Gasteiger partial charge in [-0.05, 0) is 42.3 Å². The molecule has 0 aliphatic carbocycles. The number of benzene rings is 2. The quantitative estimate of drug-likeness (QED) is 0.801. The molecule has 2 aromatic carbocycles. The zero-order valence-corrected chi connectivity index (χ0v) is 15.8. The minimum atomic E-state index is -0.909. The maximum Gasteiger partial charge on any atom is 0.307 e. The Morgan fingerprint density at radius 2 is 1.93 bits per heavy atom. The Morgan fingerprint density at radius 1 is 1.21 bits per heavy atom. The van der Waals surface area contributed by atoms with Crippen molar-refractivity contribution in [1.82, 2.24) is 0 Å². The van der Waals surface area contributed by atoms with Crippen molar-refractivity contribution in [2.24, 2.45) is 5.92 Å². The molecule has 2 aromatic rings. The smallest absolute Gasteiger partial charge is 0.307 e. The van der Waals surface area contributed by atoms with Crippen LogP contribution < -0.4 is 15.0 Å². The van der Waals surface area contributed by atoms with E-state index >= 15 is 0 Å². The zero-order valence-electron chi connectivity index (χ0n) is 15.8. The molecule has 0 radical (unpaired) electrons. The number of nitrogens with zero attached hydrogens (tertiary/aromatic N) is 1. The van der Waals surface area contributed by atoms with E-state index in [4.69, 9.17) is 9.84 Å². The number of nitrogens with one attached hydrogen (secondary N) is 1. The monoisotopic (exact) mass is 382 g/mol. The van der Waals surface area contributed by atoms with Gasteiger partial charge in [-0.2, -0.15) is 0 Å². The minimum Gasteiger partial charge on any atom is -0.495 e. The Hall–Kier alpha value is -3.35. The number of carboxylic acid groups (broad SMARTS) is 1. The van der Waals surface area contributed by atoms with Crippen molar-refractivity contribution >= 4 is 29.2 Å². The van der Waals surface area contributed by atoms with Crippen LogP contribution in [0.1, 0.15) is 17.5 Å². The van der Waals surface area contributed by atoms with Crippen LogP contribution in [0, 0.1) is 12.8 Å². The van der Waals surface area contributed by atoms with Crippen molar-refractivity contribution < 1.29 is 24.2 Å². The van der Waals surface area contributed by atoms with Crippen LogP contribution in [-0.2, 0) is 20.8 Å². The summed E-state index contributed by atoms with van der Waals surface area (Å²) in [4.78, 5) is 37.4. The third-order valence-electron chi connectivity index (χ3n) is 4.70. The molecule has 1 fully saturated rings. The predicted molar refractivity (Wildman–Crippen MR) is 105 cm³/mol. The van der Waals surface area contributed by atoms with Crippen molar-refractivity contribution in [3.05, 3.63) is 53.6 Å². The van der Waals surface area contributed by atoms with Gasteiger partial charge in [0.1, 0.15) is 5.75 Å². The van der Waals surface area contributed by atoms with Gasteiger partial charge in [0.15, 0.2) is 0 Å². The lowest BCUT2D eigenvalue weighted by Gasteiger charge is -2.20. The molecule has 7 heteroatoms. The fourth-order valence-electron chi connectivity index (χ4n) is 3.25. The van der Waals surface area contributed by atoms with Gasteiger partial charge >= 0.3 is 5.97 Å². The van der Waals surface area contributed by atoms with Crippen molar-refractivity contribution in [3.63, 3.8) is 0 Å². The minimum absolute atomic E-state index is 0.0708. The SMILES string of the molecule is COc1ccc(C)cc1N1CC(C(=O)Nc2ccc(CC(=O)O)cc2)CC1=O. The molecule has 7 nitrogen and oxygen atoms in total. The Kier molecular flexibility index (Phi) is 5.63. The van der Waals surface area contributed by atoms with E-state index in [-0.39, 0.29) is 31.2 Å². The number of carbonyl (C=O) groups excluding carboxylic acids is 2. The van der Waals surface area contributed by atoms with Crippen LogP contribution in [0.3, 0.4) is 0 Å². The number of anilines is 2. The first kappa shape index (κ1) is 19.4. The van der Waals surface area contributed by atoms with Crippen LogP contribution in [0.4, 0.5) is 11.4 Å². The van der Waals surface area contributed by atoms with E-state index in [2.05, 4.69) is 5.32 Å². The van der Waals surface area contributed by atoms with Gasteiger partial charge in [-0.15, -0.1) is 0 Å². The summed E-state index contributed by atoms with van der Waals surface area (Å²) < 4.78 is 5.35. The largest absolute Gasteiger partial charge is 0.495 e. The van der Waals surface area contributed by atoms with Crippen molar-refractivity contribution in [2.45, 2.75) is 19.8 Å². The highest BCUT2D eigenvalue weighted by Gasteiger charge is 2.36. The second-order valence-electron chi connectivity index (χ2n) is 6.84. The number of rotatable bonds is 6. The standard InChI is InChI=1S/C21H22N2O5/c1-13-3-8-18(28-2)17(9-13)23-12-15(11-19(23)24)21(27)22-16-6-4-14(5-7-16)10-20(25)26/h3-9,15H,10-12H2,1-2H3,(H,22,27)(H,25,26). The van der Waals surface area contributed by atoms with Gasteiger partial charge in [-0.25, -0.2) is 0 Å². The van der Waals surface area contributed by atoms with E-state index in [0.29, 0.717) is 22.7 Å².